The highest BCUT2D eigenvalue weighted by Crippen LogP contribution is 2.37. The summed E-state index contributed by atoms with van der Waals surface area (Å²) in [5.41, 5.74) is 7.30. The minimum atomic E-state index is -0.565. The maximum absolute atomic E-state index is 11.4. The van der Waals surface area contributed by atoms with Gasteiger partial charge in [-0.3, -0.25) is 9.59 Å². The van der Waals surface area contributed by atoms with Crippen LogP contribution in [0.25, 0.3) is 11.5 Å². The molecule has 0 aliphatic carbocycles. The van der Waals surface area contributed by atoms with Crippen molar-refractivity contribution in [1.82, 2.24) is 10.2 Å². The number of anilines is 3. The van der Waals surface area contributed by atoms with Gasteiger partial charge in [0.2, 0.25) is 17.7 Å². The van der Waals surface area contributed by atoms with Gasteiger partial charge in [-0.1, -0.05) is 23.2 Å². The topological polar surface area (TPSA) is 164 Å². The zero-order valence-corrected chi connectivity index (χ0v) is 28.7. The summed E-state index contributed by atoms with van der Waals surface area (Å²) in [6, 6.07) is 12.2. The third-order valence-corrected chi connectivity index (χ3v) is 8.73. The van der Waals surface area contributed by atoms with Gasteiger partial charge >= 0.3 is 17.7 Å². The molecule has 0 bridgehead atoms. The zero-order chi connectivity index (χ0) is 35.4. The van der Waals surface area contributed by atoms with E-state index in [1.165, 1.54) is 27.2 Å². The van der Waals surface area contributed by atoms with Gasteiger partial charge in [0.05, 0.1) is 46.8 Å². The minimum Gasteiger partial charge on any atom is -0.465 e. The molecule has 256 valence electrons. The van der Waals surface area contributed by atoms with Crippen molar-refractivity contribution < 1.29 is 33.1 Å². The fourth-order valence-corrected chi connectivity index (χ4v) is 6.52. The molecule has 4 aromatic rings. The molecule has 15 heteroatoms. The summed E-state index contributed by atoms with van der Waals surface area (Å²) in [4.78, 5) is 59.7. The van der Waals surface area contributed by atoms with Crippen molar-refractivity contribution >= 4 is 64.0 Å². The highest BCUT2D eigenvalue weighted by molar-refractivity contribution is 6.34. The number of carbonyl (C=O) groups is 4. The molecule has 7 rings (SSSR count). The van der Waals surface area contributed by atoms with Gasteiger partial charge in [-0.15, -0.1) is 5.10 Å². The van der Waals surface area contributed by atoms with Gasteiger partial charge in [-0.05, 0) is 78.4 Å². The number of ether oxygens (including phenoxy) is 2. The van der Waals surface area contributed by atoms with Crippen molar-refractivity contribution in [1.29, 1.82) is 0 Å². The predicted molar refractivity (Wildman–Crippen MR) is 184 cm³/mol. The smallest absolute Gasteiger partial charge is 0.434 e. The number of aromatic amines is 1. The van der Waals surface area contributed by atoms with Crippen LogP contribution in [0.15, 0.2) is 51.7 Å². The van der Waals surface area contributed by atoms with E-state index in [0.29, 0.717) is 51.9 Å². The number of nitrogens with one attached hydrogen (secondary N) is 2. The second-order valence-electron chi connectivity index (χ2n) is 11.2. The van der Waals surface area contributed by atoms with E-state index in [1.54, 1.807) is 47.1 Å². The van der Waals surface area contributed by atoms with Crippen molar-refractivity contribution in [3.63, 3.8) is 0 Å². The number of esters is 2. The number of aromatic nitrogens is 2. The Hall–Kier alpha value is -5.14. The monoisotopic (exact) mass is 709 g/mol. The Morgan fingerprint density at radius 2 is 1.45 bits per heavy atom. The molecular weight excluding hydrogens is 677 g/mol. The fourth-order valence-electron chi connectivity index (χ4n) is 5.87. The number of nitrogens with zero attached hydrogens (tertiary/aromatic N) is 3. The molecule has 0 spiro atoms. The molecule has 4 heterocycles. The first kappa shape index (κ1) is 35.2. The maximum atomic E-state index is 11.4. The molecule has 3 aromatic carbocycles. The SMILES string of the molecule is COC(=O)c1cc(Cl)c2c(c1)CCN2C(C)=O.COC(=O)c1ccc2c(c1)CCN2C(C)=O.O=c1[nH]nc(-c2cc(Cl)c3c(c2)CCN3)o1. The normalized spacial score (nSPS) is 13.5. The van der Waals surface area contributed by atoms with E-state index < -0.39 is 11.7 Å². The fraction of sp³-hybridized carbons (Fsp3) is 0.294. The summed E-state index contributed by atoms with van der Waals surface area (Å²) < 4.78 is 14.2. The first-order valence-electron chi connectivity index (χ1n) is 15.2. The van der Waals surface area contributed by atoms with Gasteiger partial charge in [-0.2, -0.15) is 0 Å². The first-order chi connectivity index (χ1) is 23.4. The summed E-state index contributed by atoms with van der Waals surface area (Å²) in [6.45, 7) is 5.22. The van der Waals surface area contributed by atoms with E-state index in [2.05, 4.69) is 25.0 Å². The van der Waals surface area contributed by atoms with Gasteiger partial charge in [0, 0.05) is 44.7 Å². The number of H-pyrrole nitrogens is 1. The van der Waals surface area contributed by atoms with Gasteiger partial charge < -0.3 is 29.0 Å². The molecule has 3 aliphatic rings. The summed E-state index contributed by atoms with van der Waals surface area (Å²) in [6.07, 6.45) is 2.41. The summed E-state index contributed by atoms with van der Waals surface area (Å²) >= 11 is 12.2. The second kappa shape index (κ2) is 15.0. The molecule has 0 atom stereocenters. The van der Waals surface area contributed by atoms with Crippen LogP contribution in [0.4, 0.5) is 17.1 Å². The second-order valence-corrected chi connectivity index (χ2v) is 12.0. The van der Waals surface area contributed by atoms with E-state index in [4.69, 9.17) is 27.6 Å². The standard InChI is InChI=1S/C12H12ClNO3.C12H13NO3.C10H8ClN3O2/c1-7(15)14-4-3-8-5-9(12(16)17-2)6-10(13)11(8)14;1-8(14)13-6-5-9-7-10(12(15)16-2)3-4-11(9)13;11-7-4-6(9-13-14-10(15)16-9)3-5-1-2-12-8(5)7/h5-6H,3-4H2,1-2H3;3-4,7H,5-6H2,1-2H3;3-4,12H,1-2H2,(H,14,15). The number of fused-ring (bicyclic) bond motifs is 3. The number of methoxy groups -OCH3 is 2. The number of amides is 2. The van der Waals surface area contributed by atoms with Crippen molar-refractivity contribution in [2.45, 2.75) is 33.1 Å². The molecule has 49 heavy (non-hydrogen) atoms. The molecule has 13 nitrogen and oxygen atoms in total. The lowest BCUT2D eigenvalue weighted by molar-refractivity contribution is -0.117. The van der Waals surface area contributed by atoms with E-state index >= 15 is 0 Å². The highest BCUT2D eigenvalue weighted by Gasteiger charge is 2.27. The number of halogens is 2. The number of rotatable bonds is 3. The number of hydrogen-bond acceptors (Lipinski definition) is 10. The Morgan fingerprint density at radius 3 is 2.10 bits per heavy atom. The van der Waals surface area contributed by atoms with E-state index in [9.17, 15) is 24.0 Å². The number of carbonyl (C=O) groups excluding carboxylic acids is 4. The van der Waals surface area contributed by atoms with E-state index in [1.807, 2.05) is 6.07 Å². The van der Waals surface area contributed by atoms with E-state index in [0.717, 1.165) is 47.5 Å². The van der Waals surface area contributed by atoms with Crippen LogP contribution in [0.2, 0.25) is 10.0 Å². The van der Waals surface area contributed by atoms with Crippen molar-refractivity contribution in [2.75, 3.05) is 49.0 Å². The minimum absolute atomic E-state index is 0.0320. The molecule has 1 aromatic heterocycles. The molecule has 0 saturated heterocycles. The van der Waals surface area contributed by atoms with Crippen LogP contribution < -0.4 is 20.9 Å². The van der Waals surface area contributed by atoms with Gasteiger partial charge in [-0.25, -0.2) is 19.5 Å². The third-order valence-electron chi connectivity index (χ3n) is 8.15. The zero-order valence-electron chi connectivity index (χ0n) is 27.1. The van der Waals surface area contributed by atoms with Crippen LogP contribution >= 0.6 is 23.2 Å². The lowest BCUT2D eigenvalue weighted by Gasteiger charge is -2.16. The van der Waals surface area contributed by atoms with Crippen LogP contribution in [-0.2, 0) is 38.3 Å². The largest absolute Gasteiger partial charge is 0.465 e. The van der Waals surface area contributed by atoms with Crippen LogP contribution in [0.5, 0.6) is 0 Å². The summed E-state index contributed by atoms with van der Waals surface area (Å²) in [5.74, 6) is -1.08. The van der Waals surface area contributed by atoms with Gasteiger partial charge in [0.25, 0.3) is 0 Å². The Bertz CT molecular complexity index is 2010. The molecule has 2 N–H and O–H groups in total. The van der Waals surface area contributed by atoms with Crippen molar-refractivity contribution in [2.24, 2.45) is 0 Å². The van der Waals surface area contributed by atoms with E-state index in [-0.39, 0.29) is 23.7 Å². The Kier molecular flexibility index (Phi) is 10.7. The van der Waals surface area contributed by atoms with Crippen molar-refractivity contribution in [3.05, 3.63) is 90.9 Å². The van der Waals surface area contributed by atoms with Crippen LogP contribution in [0.3, 0.4) is 0 Å². The molecule has 0 saturated carbocycles. The van der Waals surface area contributed by atoms with Crippen LogP contribution in [0, 0.1) is 0 Å². The molecule has 3 aliphatic heterocycles. The number of hydrogen-bond donors (Lipinski definition) is 2. The highest BCUT2D eigenvalue weighted by atomic mass is 35.5. The van der Waals surface area contributed by atoms with Gasteiger partial charge in [0.15, 0.2) is 0 Å². The summed E-state index contributed by atoms with van der Waals surface area (Å²) in [7, 11) is 2.68. The Labute approximate surface area is 291 Å². The molecule has 0 fully saturated rings. The van der Waals surface area contributed by atoms with Crippen LogP contribution in [0.1, 0.15) is 51.3 Å². The van der Waals surface area contributed by atoms with Crippen LogP contribution in [-0.4, -0.2) is 67.8 Å². The molecule has 0 unspecified atom stereocenters. The van der Waals surface area contributed by atoms with Crippen molar-refractivity contribution in [3.8, 4) is 11.5 Å². The maximum Gasteiger partial charge on any atom is 0.434 e. The molecular formula is C34H33Cl2N5O8. The molecule has 2 amide bonds. The Balaban J connectivity index is 0.000000143. The average molecular weight is 711 g/mol. The predicted octanol–water partition coefficient (Wildman–Crippen LogP) is 5.07. The molecule has 0 radical (unpaired) electrons. The lowest BCUT2D eigenvalue weighted by atomic mass is 10.1. The number of benzene rings is 3. The third kappa shape index (κ3) is 7.63. The Morgan fingerprint density at radius 1 is 0.796 bits per heavy atom. The average Bonchev–Trinajstić information content (AvgIpc) is 3.90. The lowest BCUT2D eigenvalue weighted by Crippen LogP contribution is -2.26. The van der Waals surface area contributed by atoms with Gasteiger partial charge in [0.1, 0.15) is 0 Å². The summed E-state index contributed by atoms with van der Waals surface area (Å²) in [5, 5.41) is 10.2. The first-order valence-corrected chi connectivity index (χ1v) is 16.0. The quantitative estimate of drug-likeness (QED) is 0.275.